The number of nitrogens with zero attached hydrogens (tertiary/aromatic N) is 2. The molecule has 6 heteroatoms. The normalized spacial score (nSPS) is 11.6. The summed E-state index contributed by atoms with van der Waals surface area (Å²) in [4.78, 5) is 25.2. The van der Waals surface area contributed by atoms with E-state index in [0.29, 0.717) is 16.9 Å². The minimum atomic E-state index is -0.266. The van der Waals surface area contributed by atoms with Crippen molar-refractivity contribution in [3.05, 3.63) is 114 Å². The van der Waals surface area contributed by atoms with Gasteiger partial charge in [-0.25, -0.2) is 4.68 Å². The van der Waals surface area contributed by atoms with Gasteiger partial charge in [0.25, 0.3) is 11.8 Å². The van der Waals surface area contributed by atoms with Crippen LogP contribution in [0.5, 0.6) is 0 Å². The highest BCUT2D eigenvalue weighted by Gasteiger charge is 2.17. The molecule has 0 fully saturated rings. The number of aromatic nitrogens is 2. The lowest BCUT2D eigenvalue weighted by Crippen LogP contribution is -2.27. The molecule has 0 aliphatic carbocycles. The number of aryl methyl sites for hydroxylation is 1. The molecule has 32 heavy (non-hydrogen) atoms. The first-order chi connectivity index (χ1) is 15.5. The number of hydrogen-bond acceptors (Lipinski definition) is 3. The van der Waals surface area contributed by atoms with Crippen molar-refractivity contribution in [1.29, 1.82) is 0 Å². The van der Waals surface area contributed by atoms with Crippen molar-refractivity contribution in [3.8, 4) is 5.69 Å². The minimum Gasteiger partial charge on any atom is -0.344 e. The van der Waals surface area contributed by atoms with Gasteiger partial charge in [0.2, 0.25) is 0 Å². The number of hydrogen-bond donors (Lipinski definition) is 2. The molecule has 1 atom stereocenters. The predicted molar refractivity (Wildman–Crippen MR) is 125 cm³/mol. The van der Waals surface area contributed by atoms with Gasteiger partial charge in [0.1, 0.15) is 0 Å². The van der Waals surface area contributed by atoms with E-state index >= 15 is 0 Å². The molecule has 4 rings (SSSR count). The highest BCUT2D eigenvalue weighted by atomic mass is 16.2. The number of carbonyl (C=O) groups is 2. The maximum atomic E-state index is 12.8. The van der Waals surface area contributed by atoms with Gasteiger partial charge in [0.15, 0.2) is 5.69 Å². The summed E-state index contributed by atoms with van der Waals surface area (Å²) in [5.41, 5.74) is 4.26. The number of para-hydroxylation sites is 1. The van der Waals surface area contributed by atoms with Gasteiger partial charge in [0, 0.05) is 16.9 Å². The number of anilines is 1. The number of nitrogens with one attached hydrogen (secondary N) is 2. The van der Waals surface area contributed by atoms with Crippen LogP contribution in [0, 0.1) is 6.92 Å². The molecule has 4 aromatic rings. The van der Waals surface area contributed by atoms with E-state index in [1.807, 2.05) is 86.6 Å². The predicted octanol–water partition coefficient (Wildman–Crippen LogP) is 4.92. The third-order valence-corrected chi connectivity index (χ3v) is 5.15. The molecular formula is C26H24N4O2. The van der Waals surface area contributed by atoms with E-state index in [4.69, 9.17) is 0 Å². The van der Waals surface area contributed by atoms with Crippen molar-refractivity contribution >= 4 is 17.5 Å². The van der Waals surface area contributed by atoms with Crippen LogP contribution in [0.15, 0.2) is 91.0 Å². The molecule has 2 N–H and O–H groups in total. The largest absolute Gasteiger partial charge is 0.344 e. The van der Waals surface area contributed by atoms with Crippen molar-refractivity contribution in [2.24, 2.45) is 0 Å². The van der Waals surface area contributed by atoms with Gasteiger partial charge in [-0.3, -0.25) is 9.59 Å². The molecule has 0 spiro atoms. The summed E-state index contributed by atoms with van der Waals surface area (Å²) in [5.74, 6) is -0.435. The third kappa shape index (κ3) is 4.75. The van der Waals surface area contributed by atoms with Crippen LogP contribution in [0.4, 0.5) is 5.69 Å². The van der Waals surface area contributed by atoms with Gasteiger partial charge in [-0.15, -0.1) is 0 Å². The van der Waals surface area contributed by atoms with E-state index in [9.17, 15) is 9.59 Å². The first-order valence-electron chi connectivity index (χ1n) is 10.4. The standard InChI is InChI=1S/C26H24N4O2/c1-18-16-24(29-30(18)23-14-7-4-8-15-23)26(32)27-19(2)21-12-9-13-22(17-21)28-25(31)20-10-5-3-6-11-20/h3-17,19H,1-2H3,(H,27,32)(H,28,31). The Morgan fingerprint density at radius 1 is 0.844 bits per heavy atom. The zero-order valence-electron chi connectivity index (χ0n) is 17.9. The number of benzene rings is 3. The molecule has 0 saturated heterocycles. The minimum absolute atomic E-state index is 0.179. The van der Waals surface area contributed by atoms with Crippen molar-refractivity contribution in [2.45, 2.75) is 19.9 Å². The zero-order valence-corrected chi connectivity index (χ0v) is 17.9. The molecule has 3 aromatic carbocycles. The van der Waals surface area contributed by atoms with Gasteiger partial charge in [0.05, 0.1) is 11.7 Å². The lowest BCUT2D eigenvalue weighted by atomic mass is 10.1. The quantitative estimate of drug-likeness (QED) is 0.461. The number of carbonyl (C=O) groups excluding carboxylic acids is 2. The average Bonchev–Trinajstić information content (AvgIpc) is 3.22. The van der Waals surface area contributed by atoms with E-state index in [1.165, 1.54) is 0 Å². The maximum Gasteiger partial charge on any atom is 0.272 e. The molecule has 0 aliphatic rings. The van der Waals surface area contributed by atoms with Gasteiger partial charge in [-0.2, -0.15) is 5.10 Å². The summed E-state index contributed by atoms with van der Waals surface area (Å²) in [7, 11) is 0. The van der Waals surface area contributed by atoms with Crippen molar-refractivity contribution in [3.63, 3.8) is 0 Å². The van der Waals surface area contributed by atoms with E-state index < -0.39 is 0 Å². The van der Waals surface area contributed by atoms with Crippen LogP contribution < -0.4 is 10.6 Å². The van der Waals surface area contributed by atoms with Crippen LogP contribution in [0.1, 0.15) is 45.1 Å². The van der Waals surface area contributed by atoms with E-state index in [-0.39, 0.29) is 17.9 Å². The molecule has 6 nitrogen and oxygen atoms in total. The Morgan fingerprint density at radius 3 is 2.25 bits per heavy atom. The van der Waals surface area contributed by atoms with Crippen molar-refractivity contribution < 1.29 is 9.59 Å². The fourth-order valence-electron chi connectivity index (χ4n) is 3.45. The first kappa shape index (κ1) is 21.1. The lowest BCUT2D eigenvalue weighted by molar-refractivity contribution is 0.0933. The fraction of sp³-hybridized carbons (Fsp3) is 0.115. The Morgan fingerprint density at radius 2 is 1.53 bits per heavy atom. The van der Waals surface area contributed by atoms with Gasteiger partial charge >= 0.3 is 0 Å². The summed E-state index contributed by atoms with van der Waals surface area (Å²) in [6, 6.07) is 27.7. The van der Waals surface area contributed by atoms with Crippen LogP contribution in [0.2, 0.25) is 0 Å². The zero-order chi connectivity index (χ0) is 22.5. The summed E-state index contributed by atoms with van der Waals surface area (Å²) in [5, 5.41) is 10.4. The second-order valence-corrected chi connectivity index (χ2v) is 7.56. The summed E-state index contributed by atoms with van der Waals surface area (Å²) in [6.07, 6.45) is 0. The second kappa shape index (κ2) is 9.31. The maximum absolute atomic E-state index is 12.8. The smallest absolute Gasteiger partial charge is 0.272 e. The highest BCUT2D eigenvalue weighted by molar-refractivity contribution is 6.04. The molecule has 0 bridgehead atoms. The topological polar surface area (TPSA) is 76.0 Å². The molecule has 160 valence electrons. The van der Waals surface area contributed by atoms with Crippen LogP contribution in [0.3, 0.4) is 0 Å². The molecule has 1 aromatic heterocycles. The Balaban J connectivity index is 1.45. The van der Waals surface area contributed by atoms with Crippen LogP contribution >= 0.6 is 0 Å². The number of amides is 2. The number of rotatable bonds is 6. The Kier molecular flexibility index (Phi) is 6.12. The van der Waals surface area contributed by atoms with Crippen LogP contribution in [-0.4, -0.2) is 21.6 Å². The Bertz CT molecular complexity index is 1230. The van der Waals surface area contributed by atoms with E-state index in [1.54, 1.807) is 22.9 Å². The van der Waals surface area contributed by atoms with Gasteiger partial charge in [-0.05, 0) is 61.9 Å². The molecule has 0 aliphatic heterocycles. The summed E-state index contributed by atoms with van der Waals surface area (Å²) < 4.78 is 1.75. The van der Waals surface area contributed by atoms with Crippen molar-refractivity contribution in [2.75, 3.05) is 5.32 Å². The highest BCUT2D eigenvalue weighted by Crippen LogP contribution is 2.19. The Labute approximate surface area is 186 Å². The first-order valence-corrected chi connectivity index (χ1v) is 10.4. The van der Waals surface area contributed by atoms with Gasteiger partial charge < -0.3 is 10.6 Å². The average molecular weight is 425 g/mol. The lowest BCUT2D eigenvalue weighted by Gasteiger charge is -2.15. The monoisotopic (exact) mass is 424 g/mol. The SMILES string of the molecule is Cc1cc(C(=O)NC(C)c2cccc(NC(=O)c3ccccc3)c2)nn1-c1ccccc1. The van der Waals surface area contributed by atoms with E-state index in [2.05, 4.69) is 15.7 Å². The van der Waals surface area contributed by atoms with Crippen LogP contribution in [0.25, 0.3) is 5.69 Å². The van der Waals surface area contributed by atoms with Crippen molar-refractivity contribution in [1.82, 2.24) is 15.1 Å². The molecule has 1 heterocycles. The summed E-state index contributed by atoms with van der Waals surface area (Å²) >= 11 is 0. The fourth-order valence-corrected chi connectivity index (χ4v) is 3.45. The van der Waals surface area contributed by atoms with E-state index in [0.717, 1.165) is 16.9 Å². The molecule has 1 unspecified atom stereocenters. The molecule has 2 amide bonds. The van der Waals surface area contributed by atoms with Gasteiger partial charge in [-0.1, -0.05) is 48.5 Å². The molecule has 0 radical (unpaired) electrons. The molecular weight excluding hydrogens is 400 g/mol. The van der Waals surface area contributed by atoms with Crippen LogP contribution in [-0.2, 0) is 0 Å². The summed E-state index contributed by atoms with van der Waals surface area (Å²) in [6.45, 7) is 3.82. The third-order valence-electron chi connectivity index (χ3n) is 5.15. The molecule has 0 saturated carbocycles. The Hall–Kier alpha value is -4.19. The second-order valence-electron chi connectivity index (χ2n) is 7.56.